The molecule has 3 atom stereocenters. The molecule has 1 aliphatic heterocycles. The van der Waals surface area contributed by atoms with Crippen molar-refractivity contribution in [1.82, 2.24) is 0 Å². The lowest BCUT2D eigenvalue weighted by Gasteiger charge is -2.23. The maximum Gasteiger partial charge on any atom is 0.334 e. The maximum absolute atomic E-state index is 5.78. The minimum absolute atomic E-state index is 0.560. The second kappa shape index (κ2) is 6.48. The van der Waals surface area contributed by atoms with Crippen molar-refractivity contribution >= 4 is 8.56 Å². The second-order valence-electron chi connectivity index (χ2n) is 5.61. The van der Waals surface area contributed by atoms with Crippen LogP contribution in [0.15, 0.2) is 0 Å². The van der Waals surface area contributed by atoms with Crippen molar-refractivity contribution in [3.63, 3.8) is 0 Å². The van der Waals surface area contributed by atoms with E-state index in [-0.39, 0.29) is 0 Å². The van der Waals surface area contributed by atoms with Crippen molar-refractivity contribution in [3.8, 4) is 0 Å². The molecule has 0 bridgehead atoms. The van der Waals surface area contributed by atoms with Crippen LogP contribution < -0.4 is 0 Å². The average molecular weight is 274 g/mol. The van der Waals surface area contributed by atoms with E-state index >= 15 is 0 Å². The molecule has 0 aromatic heterocycles. The van der Waals surface area contributed by atoms with Gasteiger partial charge in [-0.3, -0.25) is 0 Å². The summed E-state index contributed by atoms with van der Waals surface area (Å²) in [6, 6.07) is 0.998. The van der Waals surface area contributed by atoms with Gasteiger partial charge in [0.1, 0.15) is 0 Å². The molecule has 2 aliphatic rings. The average Bonchev–Trinajstić information content (AvgIpc) is 3.16. The van der Waals surface area contributed by atoms with Crippen LogP contribution in [0.5, 0.6) is 0 Å². The van der Waals surface area contributed by atoms with Crippen molar-refractivity contribution in [1.29, 1.82) is 0 Å². The van der Waals surface area contributed by atoms with Crippen molar-refractivity contribution in [3.05, 3.63) is 0 Å². The zero-order chi connectivity index (χ0) is 13.0. The van der Waals surface area contributed by atoms with E-state index in [0.29, 0.717) is 18.1 Å². The quantitative estimate of drug-likeness (QED) is 0.387. The predicted molar refractivity (Wildman–Crippen MR) is 71.9 cm³/mol. The zero-order valence-electron chi connectivity index (χ0n) is 11.8. The normalized spacial score (nSPS) is 31.2. The van der Waals surface area contributed by atoms with Crippen LogP contribution in [0.1, 0.15) is 25.7 Å². The first kappa shape index (κ1) is 14.5. The summed E-state index contributed by atoms with van der Waals surface area (Å²) in [5.41, 5.74) is 0. The van der Waals surface area contributed by atoms with Crippen LogP contribution in [-0.4, -0.2) is 48.2 Å². The third-order valence-electron chi connectivity index (χ3n) is 4.25. The molecule has 0 amide bonds. The van der Waals surface area contributed by atoms with Gasteiger partial charge in [-0.15, -0.1) is 0 Å². The standard InChI is InChI=1S/C13H26O4Si/c1-14-18(3,15-2)8-4-7-16-10-11-5-6-12-13(9-11)17-12/h11-13H,4-10H2,1-3H3. The molecule has 0 aromatic carbocycles. The van der Waals surface area contributed by atoms with E-state index < -0.39 is 8.56 Å². The molecule has 4 nitrogen and oxygen atoms in total. The van der Waals surface area contributed by atoms with E-state index in [1.54, 1.807) is 14.2 Å². The Bertz CT molecular complexity index is 257. The smallest absolute Gasteiger partial charge is 0.334 e. The number of fused-ring (bicyclic) bond motifs is 1. The van der Waals surface area contributed by atoms with E-state index in [1.807, 2.05) is 0 Å². The summed E-state index contributed by atoms with van der Waals surface area (Å²) in [6.45, 7) is 3.81. The molecule has 18 heavy (non-hydrogen) atoms. The summed E-state index contributed by atoms with van der Waals surface area (Å²) in [5, 5.41) is 0. The SMILES string of the molecule is CO[Si](C)(CCCOCC1CCC2OC2C1)OC. The first-order valence-corrected chi connectivity index (χ1v) is 9.53. The lowest BCUT2D eigenvalue weighted by atomic mass is 9.90. The molecule has 1 aliphatic carbocycles. The first-order chi connectivity index (χ1) is 8.67. The van der Waals surface area contributed by atoms with Gasteiger partial charge in [-0.05, 0) is 44.2 Å². The minimum atomic E-state index is -1.89. The highest BCUT2D eigenvalue weighted by atomic mass is 28.4. The van der Waals surface area contributed by atoms with Crippen LogP contribution >= 0.6 is 0 Å². The molecule has 5 heteroatoms. The van der Waals surface area contributed by atoms with Gasteiger partial charge < -0.3 is 18.3 Å². The van der Waals surface area contributed by atoms with E-state index in [0.717, 1.165) is 25.7 Å². The number of ether oxygens (including phenoxy) is 2. The topological polar surface area (TPSA) is 40.2 Å². The molecule has 3 unspecified atom stereocenters. The maximum atomic E-state index is 5.78. The minimum Gasteiger partial charge on any atom is -0.398 e. The highest BCUT2D eigenvalue weighted by Crippen LogP contribution is 2.39. The fourth-order valence-corrected chi connectivity index (χ4v) is 4.03. The van der Waals surface area contributed by atoms with Crippen LogP contribution in [0, 0.1) is 5.92 Å². The third-order valence-corrected chi connectivity index (χ3v) is 7.24. The molecule has 1 saturated carbocycles. The van der Waals surface area contributed by atoms with Crippen LogP contribution in [-0.2, 0) is 18.3 Å². The fourth-order valence-electron chi connectivity index (χ4n) is 2.67. The molecular formula is C13H26O4Si. The predicted octanol–water partition coefficient (Wildman–Crippen LogP) is 2.33. The molecule has 2 fully saturated rings. The van der Waals surface area contributed by atoms with Gasteiger partial charge in [0.2, 0.25) is 0 Å². The second-order valence-corrected chi connectivity index (χ2v) is 9.20. The van der Waals surface area contributed by atoms with Gasteiger partial charge in [-0.1, -0.05) is 0 Å². The molecular weight excluding hydrogens is 248 g/mol. The van der Waals surface area contributed by atoms with Gasteiger partial charge in [-0.2, -0.15) is 0 Å². The molecule has 0 radical (unpaired) electrons. The Hall–Kier alpha value is 0.0569. The number of rotatable bonds is 8. The van der Waals surface area contributed by atoms with E-state index in [4.69, 9.17) is 18.3 Å². The first-order valence-electron chi connectivity index (χ1n) is 7.00. The number of hydrogen-bond donors (Lipinski definition) is 0. The van der Waals surface area contributed by atoms with Crippen LogP contribution in [0.25, 0.3) is 0 Å². The Kier molecular flexibility index (Phi) is 5.21. The molecule has 0 spiro atoms. The molecule has 0 aromatic rings. The summed E-state index contributed by atoms with van der Waals surface area (Å²) in [5.74, 6) is 0.710. The Morgan fingerprint density at radius 3 is 2.61 bits per heavy atom. The summed E-state index contributed by atoms with van der Waals surface area (Å²) < 4.78 is 22.2. The highest BCUT2D eigenvalue weighted by Gasteiger charge is 2.43. The van der Waals surface area contributed by atoms with E-state index in [1.165, 1.54) is 19.3 Å². The summed E-state index contributed by atoms with van der Waals surface area (Å²) in [6.07, 6.45) is 5.88. The van der Waals surface area contributed by atoms with E-state index in [2.05, 4.69) is 6.55 Å². The van der Waals surface area contributed by atoms with Crippen LogP contribution in [0.4, 0.5) is 0 Å². The van der Waals surface area contributed by atoms with Gasteiger partial charge in [0.05, 0.1) is 12.2 Å². The van der Waals surface area contributed by atoms with Gasteiger partial charge in [-0.25, -0.2) is 0 Å². The van der Waals surface area contributed by atoms with Crippen molar-refractivity contribution < 1.29 is 18.3 Å². The van der Waals surface area contributed by atoms with Crippen molar-refractivity contribution in [2.24, 2.45) is 5.92 Å². The van der Waals surface area contributed by atoms with Gasteiger partial charge in [0.25, 0.3) is 0 Å². The van der Waals surface area contributed by atoms with Crippen molar-refractivity contribution in [2.75, 3.05) is 27.4 Å². The van der Waals surface area contributed by atoms with Gasteiger partial charge >= 0.3 is 8.56 Å². The van der Waals surface area contributed by atoms with Crippen LogP contribution in [0.3, 0.4) is 0 Å². The Morgan fingerprint density at radius 1 is 1.17 bits per heavy atom. The lowest BCUT2D eigenvalue weighted by molar-refractivity contribution is 0.0870. The fraction of sp³-hybridized carbons (Fsp3) is 1.00. The van der Waals surface area contributed by atoms with Crippen molar-refractivity contribution in [2.45, 2.75) is 50.5 Å². The number of hydrogen-bond acceptors (Lipinski definition) is 4. The molecule has 0 N–H and O–H groups in total. The highest BCUT2D eigenvalue weighted by molar-refractivity contribution is 6.65. The monoisotopic (exact) mass is 274 g/mol. The Morgan fingerprint density at radius 2 is 1.94 bits per heavy atom. The van der Waals surface area contributed by atoms with Gasteiger partial charge in [0, 0.05) is 27.4 Å². The van der Waals surface area contributed by atoms with Crippen LogP contribution in [0.2, 0.25) is 12.6 Å². The summed E-state index contributed by atoms with van der Waals surface area (Å²) in [4.78, 5) is 0. The van der Waals surface area contributed by atoms with E-state index in [9.17, 15) is 0 Å². The summed E-state index contributed by atoms with van der Waals surface area (Å²) in [7, 11) is 1.59. The molecule has 106 valence electrons. The number of epoxide rings is 1. The zero-order valence-corrected chi connectivity index (χ0v) is 12.8. The Labute approximate surface area is 111 Å². The third kappa shape index (κ3) is 4.03. The molecule has 1 heterocycles. The Balaban J connectivity index is 1.50. The molecule has 2 rings (SSSR count). The van der Waals surface area contributed by atoms with Gasteiger partial charge in [0.15, 0.2) is 0 Å². The largest absolute Gasteiger partial charge is 0.398 e. The lowest BCUT2D eigenvalue weighted by Crippen LogP contribution is -2.36. The summed E-state index contributed by atoms with van der Waals surface area (Å²) >= 11 is 0. The molecule has 1 saturated heterocycles.